The third kappa shape index (κ3) is 6.46. The number of nitriles is 1. The predicted octanol–water partition coefficient (Wildman–Crippen LogP) is 6.33. The smallest absolute Gasteiger partial charge is 0.399 e. The Morgan fingerprint density at radius 1 is 1.00 bits per heavy atom. The van der Waals surface area contributed by atoms with Crippen molar-refractivity contribution in [2.75, 3.05) is 7.11 Å². The van der Waals surface area contributed by atoms with Crippen molar-refractivity contribution in [3.8, 4) is 17.3 Å². The van der Waals surface area contributed by atoms with Crippen LogP contribution in [0.5, 0.6) is 0 Å². The van der Waals surface area contributed by atoms with E-state index in [-0.39, 0.29) is 24.3 Å². The largest absolute Gasteiger partial charge is 0.465 e. The highest BCUT2D eigenvalue weighted by Crippen LogP contribution is 2.53. The number of ether oxygens (including phenoxy) is 1. The van der Waals surface area contributed by atoms with Gasteiger partial charge < -0.3 is 4.74 Å². The van der Waals surface area contributed by atoms with Crippen molar-refractivity contribution in [1.29, 1.82) is 5.26 Å². The van der Waals surface area contributed by atoms with Gasteiger partial charge in [0.25, 0.3) is 0 Å². The predicted molar refractivity (Wildman–Crippen MR) is 145 cm³/mol. The Balaban J connectivity index is 1.72. The van der Waals surface area contributed by atoms with E-state index in [0.29, 0.717) is 32.4 Å². The molecule has 13 heteroatoms. The summed E-state index contributed by atoms with van der Waals surface area (Å²) in [4.78, 5) is 25.4. The van der Waals surface area contributed by atoms with Crippen molar-refractivity contribution < 1.29 is 32.6 Å². The summed E-state index contributed by atoms with van der Waals surface area (Å²) in [6.07, 6.45) is 1.05. The number of halogens is 3. The molecule has 0 aliphatic heterocycles. The van der Waals surface area contributed by atoms with E-state index in [4.69, 9.17) is 10.00 Å². The number of benzene rings is 3. The van der Waals surface area contributed by atoms with Crippen LogP contribution in [0.4, 0.5) is 9.05 Å². The lowest BCUT2D eigenvalue weighted by Gasteiger charge is -2.12. The number of hydrogen-bond acceptors (Lipinski definition) is 7. The molecule has 0 N–H and O–H groups in total. The third-order valence-corrected chi connectivity index (χ3v) is 8.00. The van der Waals surface area contributed by atoms with Gasteiger partial charge >= 0.3 is 19.3 Å². The number of hydrogen-bond donors (Lipinski definition) is 0. The normalized spacial score (nSPS) is 11.3. The summed E-state index contributed by atoms with van der Waals surface area (Å²) in [5.74, 6) is -0.492. The molecule has 1 heterocycles. The summed E-state index contributed by atoms with van der Waals surface area (Å²) in [6.45, 7) is 0.359. The third-order valence-electron chi connectivity index (χ3n) is 6.12. The number of carbonyl (C=O) groups excluding carboxylic acids is 1. The maximum atomic E-state index is 13.6. The zero-order chi connectivity index (χ0) is 28.9. The summed E-state index contributed by atoms with van der Waals surface area (Å²) in [5.41, 5.74) is 3.50. The van der Waals surface area contributed by atoms with Gasteiger partial charge in [-0.25, -0.2) is 9.59 Å². The van der Waals surface area contributed by atoms with Gasteiger partial charge in [0, 0.05) is 10.7 Å². The van der Waals surface area contributed by atoms with Gasteiger partial charge in [0.15, 0.2) is 0 Å². The fourth-order valence-electron chi connectivity index (χ4n) is 4.07. The van der Waals surface area contributed by atoms with Gasteiger partial charge in [0.05, 0.1) is 49.3 Å². The van der Waals surface area contributed by atoms with Crippen LogP contribution >= 0.6 is 23.5 Å². The molecule has 0 saturated carbocycles. The van der Waals surface area contributed by atoms with E-state index < -0.39 is 19.7 Å². The number of carbonyl (C=O) groups is 1. The van der Waals surface area contributed by atoms with E-state index in [0.717, 1.165) is 5.56 Å². The van der Waals surface area contributed by atoms with E-state index in [9.17, 15) is 23.2 Å². The van der Waals surface area contributed by atoms with Crippen molar-refractivity contribution in [3.05, 3.63) is 116 Å². The Hall–Kier alpha value is -3.88. The van der Waals surface area contributed by atoms with Gasteiger partial charge in [-0.3, -0.25) is 13.7 Å². The van der Waals surface area contributed by atoms with Gasteiger partial charge in [-0.2, -0.15) is 5.26 Å². The van der Waals surface area contributed by atoms with Crippen LogP contribution in [0.2, 0.25) is 0 Å². The number of esters is 1. The topological polar surface area (TPSA) is 113 Å². The van der Waals surface area contributed by atoms with Crippen LogP contribution < -0.4 is 5.69 Å². The minimum absolute atomic E-state index is 0.114. The van der Waals surface area contributed by atoms with Gasteiger partial charge in [-0.15, -0.1) is 9.46 Å². The number of imidazole rings is 1. The zero-order valence-corrected chi connectivity index (χ0v) is 23.4. The first kappa shape index (κ1) is 29.1. The molecular weight excluding hydrogens is 611 g/mol. The van der Waals surface area contributed by atoms with Crippen molar-refractivity contribution in [2.45, 2.75) is 19.3 Å². The summed E-state index contributed by atoms with van der Waals surface area (Å²) < 4.78 is 51.5. The molecule has 3 aromatic carbocycles. The number of rotatable bonds is 10. The average Bonchev–Trinajstić information content (AvgIpc) is 3.28. The van der Waals surface area contributed by atoms with E-state index in [2.05, 4.69) is 31.5 Å². The zero-order valence-electron chi connectivity index (χ0n) is 20.9. The van der Waals surface area contributed by atoms with Crippen LogP contribution in [0, 0.1) is 11.3 Å². The maximum Gasteiger partial charge on any atom is 0.399 e. The summed E-state index contributed by atoms with van der Waals surface area (Å²) in [7, 11) is -3.30. The van der Waals surface area contributed by atoms with Gasteiger partial charge in [-0.05, 0) is 61.6 Å². The van der Waals surface area contributed by atoms with Crippen molar-refractivity contribution in [1.82, 2.24) is 9.13 Å². The molecule has 0 atom stereocenters. The fraction of sp³-hybridized carbons (Fsp3) is 0.148. The van der Waals surface area contributed by atoms with Crippen LogP contribution in [0.15, 0.2) is 82.2 Å². The molecule has 0 saturated heterocycles. The Bertz CT molecular complexity index is 1670. The van der Waals surface area contributed by atoms with Gasteiger partial charge in [0.2, 0.25) is 0 Å². The van der Waals surface area contributed by atoms with E-state index >= 15 is 0 Å². The monoisotopic (exact) mass is 631 g/mol. The van der Waals surface area contributed by atoms with Crippen molar-refractivity contribution >= 4 is 29.5 Å². The first-order valence-electron chi connectivity index (χ1n) is 11.6. The minimum atomic E-state index is -4.59. The summed E-state index contributed by atoms with van der Waals surface area (Å²) >= 11 is 3.31. The Labute approximate surface area is 235 Å². The van der Waals surface area contributed by atoms with E-state index in [1.54, 1.807) is 71.4 Å². The van der Waals surface area contributed by atoms with E-state index in [1.165, 1.54) is 17.7 Å². The molecule has 4 rings (SSSR count). The first-order valence-corrected chi connectivity index (χ1v) is 14.2. The highest BCUT2D eigenvalue weighted by atomic mass is 79.9. The quantitative estimate of drug-likeness (QED) is 0.148. The number of nitrogens with zero attached hydrogens (tertiary/aromatic N) is 3. The first-order chi connectivity index (χ1) is 19.2. The number of aromatic nitrogens is 2. The minimum Gasteiger partial charge on any atom is -0.465 e. The van der Waals surface area contributed by atoms with Crippen LogP contribution in [-0.4, -0.2) is 22.2 Å². The molecule has 9 nitrogen and oxygen atoms in total. The van der Waals surface area contributed by atoms with Gasteiger partial charge in [-0.1, -0.05) is 52.3 Å². The standard InChI is InChI=1S/C27H21BrF2N3O6P/c1-37-26(34)22-10-8-21(9-11-22)25-16-32(14-19-4-2-18(13-31)3-5-19)27(35)33(25)15-20-6-7-23(24(28)12-20)17-40(36,38-29)39-30/h2-12,16H,14-15,17H2,1H3. The molecule has 0 radical (unpaired) electrons. The van der Waals surface area contributed by atoms with Gasteiger partial charge in [0.1, 0.15) is 0 Å². The molecule has 0 aliphatic carbocycles. The lowest BCUT2D eigenvalue weighted by molar-refractivity contribution is -0.0881. The molecule has 206 valence electrons. The average molecular weight is 632 g/mol. The molecular formula is C27H21BrF2N3O6P. The fourth-order valence-corrected chi connectivity index (χ4v) is 5.67. The summed E-state index contributed by atoms with van der Waals surface area (Å²) in [6, 6.07) is 20.3. The molecule has 0 fully saturated rings. The molecule has 0 bridgehead atoms. The molecule has 0 aliphatic rings. The highest BCUT2D eigenvalue weighted by Gasteiger charge is 2.29. The lowest BCUT2D eigenvalue weighted by atomic mass is 10.1. The number of methoxy groups -OCH3 is 1. The lowest BCUT2D eigenvalue weighted by Crippen LogP contribution is -2.25. The van der Waals surface area contributed by atoms with Crippen LogP contribution in [0.3, 0.4) is 0 Å². The molecule has 40 heavy (non-hydrogen) atoms. The molecule has 0 amide bonds. The molecule has 0 unspecified atom stereocenters. The highest BCUT2D eigenvalue weighted by molar-refractivity contribution is 9.10. The Kier molecular flexibility index (Phi) is 9.12. The van der Waals surface area contributed by atoms with E-state index in [1.807, 2.05) is 0 Å². The second-order valence-electron chi connectivity index (χ2n) is 8.72. The van der Waals surface area contributed by atoms with Crippen LogP contribution in [-0.2, 0) is 38.0 Å². The second-order valence-corrected chi connectivity index (χ2v) is 11.4. The SMILES string of the molecule is COC(=O)c1ccc(-c2cn(Cc3ccc(C#N)cc3)c(=O)n2Cc2ccc(CP(=O)(OF)OF)c(Br)c2)cc1. The van der Waals surface area contributed by atoms with Crippen molar-refractivity contribution in [3.63, 3.8) is 0 Å². The summed E-state index contributed by atoms with van der Waals surface area (Å²) in [5, 5.41) is 9.05. The second kappa shape index (κ2) is 12.5. The van der Waals surface area contributed by atoms with Crippen LogP contribution in [0.1, 0.15) is 32.6 Å². The van der Waals surface area contributed by atoms with Crippen molar-refractivity contribution in [2.24, 2.45) is 0 Å². The van der Waals surface area contributed by atoms with Crippen LogP contribution in [0.25, 0.3) is 11.3 Å². The molecule has 1 aromatic heterocycles. The molecule has 0 spiro atoms. The molecule has 4 aromatic rings. The Morgan fingerprint density at radius 3 is 2.23 bits per heavy atom. The maximum absolute atomic E-state index is 13.6. The Morgan fingerprint density at radius 2 is 1.65 bits per heavy atom.